The van der Waals surface area contributed by atoms with Gasteiger partial charge in [-0.15, -0.1) is 0 Å². The third-order valence-electron chi connectivity index (χ3n) is 2.03. The summed E-state index contributed by atoms with van der Waals surface area (Å²) in [5.41, 5.74) is 11.1. The van der Waals surface area contributed by atoms with Crippen LogP contribution in [0.2, 0.25) is 0 Å². The second kappa shape index (κ2) is 4.68. The molecule has 0 heterocycles. The zero-order chi connectivity index (χ0) is 11.4. The predicted molar refractivity (Wildman–Crippen MR) is 54.4 cm³/mol. The summed E-state index contributed by atoms with van der Waals surface area (Å²) in [7, 11) is 0. The standard InChI is InChI=1S/C10H12N2O3/c11-7(8(12)10(14)15)9(13)6-4-2-1-3-5-6/h1-5,7-8H,11-12H2,(H,14,15). The molecule has 0 saturated carbocycles. The average Bonchev–Trinajstić information content (AvgIpc) is 2.27. The number of carbonyl (C=O) groups excluding carboxylic acids is 1. The topological polar surface area (TPSA) is 106 Å². The maximum Gasteiger partial charge on any atom is 0.322 e. The zero-order valence-corrected chi connectivity index (χ0v) is 7.96. The Labute approximate surface area is 86.7 Å². The molecule has 0 saturated heterocycles. The molecule has 1 rings (SSSR count). The quantitative estimate of drug-likeness (QED) is 0.584. The smallest absolute Gasteiger partial charge is 0.322 e. The fourth-order valence-corrected chi connectivity index (χ4v) is 1.11. The van der Waals surface area contributed by atoms with Crippen LogP contribution in [0.15, 0.2) is 30.3 Å². The van der Waals surface area contributed by atoms with Crippen LogP contribution in [0.5, 0.6) is 0 Å². The first kappa shape index (κ1) is 11.4. The number of aliphatic carboxylic acids is 1. The molecule has 5 heteroatoms. The van der Waals surface area contributed by atoms with Crippen LogP contribution in [0.1, 0.15) is 10.4 Å². The Bertz CT molecular complexity index is 364. The summed E-state index contributed by atoms with van der Waals surface area (Å²) in [5.74, 6) is -1.75. The highest BCUT2D eigenvalue weighted by Crippen LogP contribution is 2.04. The van der Waals surface area contributed by atoms with E-state index in [1.54, 1.807) is 30.3 Å². The van der Waals surface area contributed by atoms with Crippen molar-refractivity contribution in [1.29, 1.82) is 0 Å². The molecule has 5 N–H and O–H groups in total. The summed E-state index contributed by atoms with van der Waals surface area (Å²) in [5, 5.41) is 8.59. The van der Waals surface area contributed by atoms with Crippen molar-refractivity contribution in [3.63, 3.8) is 0 Å². The fourth-order valence-electron chi connectivity index (χ4n) is 1.11. The van der Waals surface area contributed by atoms with Crippen LogP contribution < -0.4 is 11.5 Å². The summed E-state index contributed by atoms with van der Waals surface area (Å²) >= 11 is 0. The number of hydrogen-bond acceptors (Lipinski definition) is 4. The highest BCUT2D eigenvalue weighted by molar-refractivity contribution is 6.02. The van der Waals surface area contributed by atoms with Gasteiger partial charge in [-0.25, -0.2) is 0 Å². The number of Topliss-reactive ketones (excluding diaryl/α,β-unsaturated/α-hetero) is 1. The monoisotopic (exact) mass is 208 g/mol. The fraction of sp³-hybridized carbons (Fsp3) is 0.200. The van der Waals surface area contributed by atoms with Crippen LogP contribution in [0, 0.1) is 0 Å². The van der Waals surface area contributed by atoms with Gasteiger partial charge in [0.1, 0.15) is 6.04 Å². The minimum absolute atomic E-state index is 0.363. The molecule has 0 aliphatic heterocycles. The van der Waals surface area contributed by atoms with Gasteiger partial charge in [0.15, 0.2) is 5.78 Å². The average molecular weight is 208 g/mol. The second-order valence-electron chi connectivity index (χ2n) is 3.12. The lowest BCUT2D eigenvalue weighted by Gasteiger charge is -2.14. The number of ketones is 1. The molecule has 1 aromatic carbocycles. The Morgan fingerprint density at radius 3 is 2.07 bits per heavy atom. The number of carboxylic acid groups (broad SMARTS) is 1. The first-order valence-electron chi connectivity index (χ1n) is 4.37. The van der Waals surface area contributed by atoms with Crippen molar-refractivity contribution in [2.24, 2.45) is 11.5 Å². The van der Waals surface area contributed by atoms with Gasteiger partial charge in [-0.2, -0.15) is 0 Å². The van der Waals surface area contributed by atoms with Gasteiger partial charge >= 0.3 is 5.97 Å². The van der Waals surface area contributed by atoms with E-state index in [4.69, 9.17) is 16.6 Å². The SMILES string of the molecule is NC(C(=O)O)C(N)C(=O)c1ccccc1. The molecule has 0 radical (unpaired) electrons. The number of carboxylic acids is 1. The highest BCUT2D eigenvalue weighted by Gasteiger charge is 2.27. The van der Waals surface area contributed by atoms with Gasteiger partial charge in [-0.3, -0.25) is 9.59 Å². The summed E-state index contributed by atoms with van der Waals surface area (Å²) in [6.07, 6.45) is 0. The minimum atomic E-state index is -1.38. The van der Waals surface area contributed by atoms with E-state index in [0.717, 1.165) is 0 Å². The predicted octanol–water partition coefficient (Wildman–Crippen LogP) is -0.391. The number of carbonyl (C=O) groups is 2. The normalized spacial score (nSPS) is 14.3. The van der Waals surface area contributed by atoms with Crippen LogP contribution in [-0.2, 0) is 4.79 Å². The summed E-state index contributed by atoms with van der Waals surface area (Å²) < 4.78 is 0. The van der Waals surface area contributed by atoms with Crippen LogP contribution in [0.3, 0.4) is 0 Å². The number of benzene rings is 1. The van der Waals surface area contributed by atoms with Gasteiger partial charge in [0, 0.05) is 5.56 Å². The van der Waals surface area contributed by atoms with Gasteiger partial charge in [0.25, 0.3) is 0 Å². The zero-order valence-electron chi connectivity index (χ0n) is 7.96. The maximum atomic E-state index is 11.6. The van der Waals surface area contributed by atoms with E-state index in [0.29, 0.717) is 5.56 Å². The molecule has 0 amide bonds. The van der Waals surface area contributed by atoms with Gasteiger partial charge in [-0.1, -0.05) is 30.3 Å². The molecule has 0 spiro atoms. The second-order valence-corrected chi connectivity index (χ2v) is 3.12. The highest BCUT2D eigenvalue weighted by atomic mass is 16.4. The van der Waals surface area contributed by atoms with Crippen LogP contribution in [0.4, 0.5) is 0 Å². The van der Waals surface area contributed by atoms with Crippen LogP contribution in [-0.4, -0.2) is 28.9 Å². The van der Waals surface area contributed by atoms with Gasteiger partial charge in [0.2, 0.25) is 0 Å². The van der Waals surface area contributed by atoms with E-state index < -0.39 is 23.8 Å². The van der Waals surface area contributed by atoms with Gasteiger partial charge < -0.3 is 16.6 Å². The van der Waals surface area contributed by atoms with Crippen molar-refractivity contribution >= 4 is 11.8 Å². The first-order valence-corrected chi connectivity index (χ1v) is 4.37. The Kier molecular flexibility index (Phi) is 3.54. The molecular formula is C10H12N2O3. The third-order valence-corrected chi connectivity index (χ3v) is 2.03. The van der Waals surface area contributed by atoms with E-state index in [1.807, 2.05) is 0 Å². The van der Waals surface area contributed by atoms with E-state index in [2.05, 4.69) is 0 Å². The van der Waals surface area contributed by atoms with Gasteiger partial charge in [-0.05, 0) is 0 Å². The summed E-state index contributed by atoms with van der Waals surface area (Å²) in [6.45, 7) is 0. The Morgan fingerprint density at radius 2 is 1.60 bits per heavy atom. The Morgan fingerprint density at radius 1 is 1.07 bits per heavy atom. The summed E-state index contributed by atoms with van der Waals surface area (Å²) in [6, 6.07) is 5.63. The van der Waals surface area contributed by atoms with Crippen molar-refractivity contribution < 1.29 is 14.7 Å². The molecule has 1 aromatic rings. The van der Waals surface area contributed by atoms with Crippen LogP contribution in [0.25, 0.3) is 0 Å². The molecule has 0 aliphatic rings. The molecule has 2 unspecified atom stereocenters. The first-order chi connectivity index (χ1) is 7.04. The largest absolute Gasteiger partial charge is 0.480 e. The van der Waals surface area contributed by atoms with E-state index in [-0.39, 0.29) is 0 Å². The van der Waals surface area contributed by atoms with Crippen molar-refractivity contribution in [3.05, 3.63) is 35.9 Å². The van der Waals surface area contributed by atoms with E-state index in [9.17, 15) is 9.59 Å². The van der Waals surface area contributed by atoms with Crippen molar-refractivity contribution in [2.75, 3.05) is 0 Å². The third kappa shape index (κ3) is 2.61. The molecule has 0 aromatic heterocycles. The Balaban J connectivity index is 2.82. The maximum absolute atomic E-state index is 11.6. The lowest BCUT2D eigenvalue weighted by atomic mass is 9.99. The number of nitrogens with two attached hydrogens (primary N) is 2. The van der Waals surface area contributed by atoms with Gasteiger partial charge in [0.05, 0.1) is 6.04 Å². The Hall–Kier alpha value is -1.72. The minimum Gasteiger partial charge on any atom is -0.480 e. The molecule has 0 aliphatic carbocycles. The van der Waals surface area contributed by atoms with E-state index >= 15 is 0 Å². The van der Waals surface area contributed by atoms with Crippen LogP contribution >= 0.6 is 0 Å². The molecule has 0 bridgehead atoms. The lowest BCUT2D eigenvalue weighted by Crippen LogP contribution is -2.51. The molecule has 80 valence electrons. The molecule has 15 heavy (non-hydrogen) atoms. The molecular weight excluding hydrogens is 196 g/mol. The summed E-state index contributed by atoms with van der Waals surface area (Å²) in [4.78, 5) is 22.1. The molecule has 5 nitrogen and oxygen atoms in total. The lowest BCUT2D eigenvalue weighted by molar-refractivity contribution is -0.138. The molecule has 0 fully saturated rings. The number of hydrogen-bond donors (Lipinski definition) is 3. The molecule has 2 atom stereocenters. The van der Waals surface area contributed by atoms with Crippen molar-refractivity contribution in [1.82, 2.24) is 0 Å². The van der Waals surface area contributed by atoms with E-state index in [1.165, 1.54) is 0 Å². The number of rotatable bonds is 4. The van der Waals surface area contributed by atoms with Crippen molar-refractivity contribution in [3.8, 4) is 0 Å². The van der Waals surface area contributed by atoms with Crippen molar-refractivity contribution in [2.45, 2.75) is 12.1 Å².